The number of hydrogen-bond acceptors (Lipinski definition) is 5. The van der Waals surface area contributed by atoms with E-state index >= 15 is 0 Å². The molecule has 6 nitrogen and oxygen atoms in total. The van der Waals surface area contributed by atoms with E-state index in [9.17, 15) is 15.2 Å². The van der Waals surface area contributed by atoms with Crippen molar-refractivity contribution in [3.63, 3.8) is 0 Å². The predicted molar refractivity (Wildman–Crippen MR) is 67.7 cm³/mol. The van der Waals surface area contributed by atoms with E-state index in [1.807, 2.05) is 0 Å². The molecule has 0 aliphatic heterocycles. The van der Waals surface area contributed by atoms with Gasteiger partial charge in [0.1, 0.15) is 0 Å². The van der Waals surface area contributed by atoms with Gasteiger partial charge >= 0.3 is 5.69 Å². The molecule has 1 saturated carbocycles. The fourth-order valence-corrected chi connectivity index (χ4v) is 2.33. The predicted octanol–water partition coefficient (Wildman–Crippen LogP) is 2.22. The highest BCUT2D eigenvalue weighted by molar-refractivity contribution is 6.30. The molecular weight excluding hydrogens is 258 g/mol. The summed E-state index contributed by atoms with van der Waals surface area (Å²) < 4.78 is 0. The third kappa shape index (κ3) is 3.08. The average molecular weight is 272 g/mol. The van der Waals surface area contributed by atoms with Crippen molar-refractivity contribution < 1.29 is 10.0 Å². The molecule has 2 atom stereocenters. The van der Waals surface area contributed by atoms with Gasteiger partial charge in [-0.25, -0.2) is 4.98 Å². The van der Waals surface area contributed by atoms with Gasteiger partial charge in [0.2, 0.25) is 5.82 Å². The fourth-order valence-electron chi connectivity index (χ4n) is 2.18. The summed E-state index contributed by atoms with van der Waals surface area (Å²) in [7, 11) is 0. The Morgan fingerprint density at radius 2 is 2.39 bits per heavy atom. The molecule has 1 aromatic heterocycles. The van der Waals surface area contributed by atoms with E-state index in [1.54, 1.807) is 0 Å². The molecular formula is C11H14ClN3O3. The number of pyridine rings is 1. The smallest absolute Gasteiger partial charge is 0.312 e. The monoisotopic (exact) mass is 271 g/mol. The summed E-state index contributed by atoms with van der Waals surface area (Å²) in [4.78, 5) is 14.3. The standard InChI is InChI=1S/C11H14ClN3O3/c12-8-4-10(15(17)18)11(14-6-8)13-5-7-1-2-9(16)3-7/h4,6-7,9,16H,1-3,5H2,(H,13,14). The van der Waals surface area contributed by atoms with Crippen molar-refractivity contribution in [1.82, 2.24) is 4.98 Å². The molecule has 1 aliphatic carbocycles. The minimum Gasteiger partial charge on any atom is -0.393 e. The number of nitro groups is 1. The molecule has 1 aromatic rings. The third-order valence-electron chi connectivity index (χ3n) is 3.10. The van der Waals surface area contributed by atoms with Gasteiger partial charge in [-0.3, -0.25) is 10.1 Å². The highest BCUT2D eigenvalue weighted by Crippen LogP contribution is 2.28. The molecule has 7 heteroatoms. The Morgan fingerprint density at radius 3 is 3.00 bits per heavy atom. The number of rotatable bonds is 4. The summed E-state index contributed by atoms with van der Waals surface area (Å²) in [6, 6.07) is 1.28. The molecule has 0 amide bonds. The number of aliphatic hydroxyl groups is 1. The van der Waals surface area contributed by atoms with Gasteiger partial charge < -0.3 is 10.4 Å². The van der Waals surface area contributed by atoms with E-state index in [4.69, 9.17) is 11.6 Å². The van der Waals surface area contributed by atoms with E-state index in [0.717, 1.165) is 19.3 Å². The number of aliphatic hydroxyl groups excluding tert-OH is 1. The highest BCUT2D eigenvalue weighted by atomic mass is 35.5. The Bertz CT molecular complexity index is 455. The first kappa shape index (κ1) is 13.0. The van der Waals surface area contributed by atoms with Gasteiger partial charge in [-0.15, -0.1) is 0 Å². The highest BCUT2D eigenvalue weighted by Gasteiger charge is 2.24. The first-order valence-corrected chi connectivity index (χ1v) is 6.16. The third-order valence-corrected chi connectivity index (χ3v) is 3.31. The van der Waals surface area contributed by atoms with E-state index < -0.39 is 4.92 Å². The number of nitrogens with zero attached hydrogens (tertiary/aromatic N) is 2. The lowest BCUT2D eigenvalue weighted by molar-refractivity contribution is -0.384. The van der Waals surface area contributed by atoms with Gasteiger partial charge in [0.15, 0.2) is 0 Å². The van der Waals surface area contributed by atoms with E-state index in [2.05, 4.69) is 10.3 Å². The zero-order valence-corrected chi connectivity index (χ0v) is 10.4. The van der Waals surface area contributed by atoms with Crippen molar-refractivity contribution in [1.29, 1.82) is 0 Å². The molecule has 2 unspecified atom stereocenters. The normalized spacial score (nSPS) is 23.0. The van der Waals surface area contributed by atoms with Crippen molar-refractivity contribution in [2.45, 2.75) is 25.4 Å². The molecule has 0 saturated heterocycles. The van der Waals surface area contributed by atoms with Gasteiger partial charge in [-0.1, -0.05) is 11.6 Å². The van der Waals surface area contributed by atoms with Crippen LogP contribution in [-0.2, 0) is 0 Å². The van der Waals surface area contributed by atoms with Crippen molar-refractivity contribution in [2.24, 2.45) is 5.92 Å². The fraction of sp³-hybridized carbons (Fsp3) is 0.545. The van der Waals surface area contributed by atoms with Crippen LogP contribution in [0.5, 0.6) is 0 Å². The maximum absolute atomic E-state index is 10.8. The zero-order valence-electron chi connectivity index (χ0n) is 9.67. The first-order chi connectivity index (χ1) is 8.56. The molecule has 18 heavy (non-hydrogen) atoms. The Morgan fingerprint density at radius 1 is 1.61 bits per heavy atom. The Balaban J connectivity index is 2.02. The minimum atomic E-state index is -0.509. The summed E-state index contributed by atoms with van der Waals surface area (Å²) in [6.45, 7) is 0.576. The van der Waals surface area contributed by atoms with Crippen LogP contribution in [0.25, 0.3) is 0 Å². The molecule has 0 spiro atoms. The van der Waals surface area contributed by atoms with Crippen LogP contribution in [0.3, 0.4) is 0 Å². The Hall–Kier alpha value is -1.40. The van der Waals surface area contributed by atoms with Gasteiger partial charge in [-0.05, 0) is 25.2 Å². The summed E-state index contributed by atoms with van der Waals surface area (Å²) in [5, 5.41) is 23.5. The van der Waals surface area contributed by atoms with Crippen LogP contribution >= 0.6 is 11.6 Å². The van der Waals surface area contributed by atoms with Crippen molar-refractivity contribution in [2.75, 3.05) is 11.9 Å². The van der Waals surface area contributed by atoms with Gasteiger partial charge in [0, 0.05) is 18.8 Å². The molecule has 0 aromatic carbocycles. The van der Waals surface area contributed by atoms with E-state index in [-0.39, 0.29) is 22.6 Å². The Labute approximate surface area is 109 Å². The molecule has 1 aliphatic rings. The summed E-state index contributed by atoms with van der Waals surface area (Å²) in [6.07, 6.45) is 3.58. The lowest BCUT2D eigenvalue weighted by Crippen LogP contribution is -2.14. The number of aromatic nitrogens is 1. The zero-order chi connectivity index (χ0) is 13.1. The van der Waals surface area contributed by atoms with Crippen LogP contribution in [0, 0.1) is 16.0 Å². The maximum atomic E-state index is 10.8. The van der Waals surface area contributed by atoms with E-state index in [1.165, 1.54) is 12.3 Å². The SMILES string of the molecule is O=[N+]([O-])c1cc(Cl)cnc1NCC1CCC(O)C1. The molecule has 2 rings (SSSR count). The summed E-state index contributed by atoms with van der Waals surface area (Å²) in [5.74, 6) is 0.558. The number of hydrogen-bond donors (Lipinski definition) is 2. The summed E-state index contributed by atoms with van der Waals surface area (Å²) in [5.41, 5.74) is -0.124. The van der Waals surface area contributed by atoms with Crippen molar-refractivity contribution >= 4 is 23.1 Å². The van der Waals surface area contributed by atoms with Crippen molar-refractivity contribution in [3.8, 4) is 0 Å². The topological polar surface area (TPSA) is 88.3 Å². The van der Waals surface area contributed by atoms with Crippen LogP contribution in [0.4, 0.5) is 11.5 Å². The second-order valence-corrected chi connectivity index (χ2v) is 4.93. The van der Waals surface area contributed by atoms with Crippen LogP contribution in [0.1, 0.15) is 19.3 Å². The van der Waals surface area contributed by atoms with E-state index in [0.29, 0.717) is 12.5 Å². The van der Waals surface area contributed by atoms with Crippen LogP contribution < -0.4 is 5.32 Å². The first-order valence-electron chi connectivity index (χ1n) is 5.78. The van der Waals surface area contributed by atoms with Crippen LogP contribution in [0.2, 0.25) is 5.02 Å². The summed E-state index contributed by atoms with van der Waals surface area (Å²) >= 11 is 5.68. The second kappa shape index (κ2) is 5.49. The Kier molecular flexibility index (Phi) is 3.98. The largest absolute Gasteiger partial charge is 0.393 e. The number of halogens is 1. The molecule has 1 heterocycles. The molecule has 2 N–H and O–H groups in total. The maximum Gasteiger partial charge on any atom is 0.312 e. The molecule has 98 valence electrons. The molecule has 0 radical (unpaired) electrons. The molecule has 0 bridgehead atoms. The minimum absolute atomic E-state index is 0.124. The van der Waals surface area contributed by atoms with Crippen molar-refractivity contribution in [3.05, 3.63) is 27.4 Å². The quantitative estimate of drug-likeness (QED) is 0.647. The van der Waals surface area contributed by atoms with Gasteiger partial charge in [0.25, 0.3) is 0 Å². The van der Waals surface area contributed by atoms with Gasteiger partial charge in [0.05, 0.1) is 16.0 Å². The average Bonchev–Trinajstić information content (AvgIpc) is 2.73. The lowest BCUT2D eigenvalue weighted by atomic mass is 10.1. The number of nitrogens with one attached hydrogen (secondary N) is 1. The number of anilines is 1. The van der Waals surface area contributed by atoms with Crippen LogP contribution in [-0.4, -0.2) is 27.7 Å². The van der Waals surface area contributed by atoms with Crippen LogP contribution in [0.15, 0.2) is 12.3 Å². The molecule has 1 fully saturated rings. The second-order valence-electron chi connectivity index (χ2n) is 4.49. The lowest BCUT2D eigenvalue weighted by Gasteiger charge is -2.11. The van der Waals surface area contributed by atoms with Gasteiger partial charge in [-0.2, -0.15) is 0 Å².